The number of carbonyl (C=O) groups excluding carboxylic acids is 1. The Kier molecular flexibility index (Phi) is 7.35. The van der Waals surface area contributed by atoms with Crippen LogP contribution >= 0.6 is 22.5 Å². The molecule has 1 N–H and O–H groups in total. The standard InChI is InChI=1S/C19H29NOS2/c1-3-15(4-2)14-19(12-8-5-9-13-19)18(21)20-16-10-6-7-11-17(16)23-22/h6-7,10-11,15,22H,3-5,8-9,12-14H2,1-2H3,(H,20,21). The van der Waals surface area contributed by atoms with Crippen molar-refractivity contribution in [3.05, 3.63) is 24.3 Å². The Balaban J connectivity index is 2.19. The van der Waals surface area contributed by atoms with Gasteiger partial charge in [0.05, 0.1) is 5.69 Å². The molecule has 1 aromatic carbocycles. The maximum Gasteiger partial charge on any atom is 0.230 e. The molecule has 128 valence electrons. The van der Waals surface area contributed by atoms with Crippen molar-refractivity contribution in [2.75, 3.05) is 5.32 Å². The number of para-hydroxylation sites is 1. The van der Waals surface area contributed by atoms with Gasteiger partial charge in [0.1, 0.15) is 0 Å². The maximum atomic E-state index is 13.2. The molecular weight excluding hydrogens is 322 g/mol. The number of carbonyl (C=O) groups is 1. The van der Waals surface area contributed by atoms with Crippen LogP contribution in [0.3, 0.4) is 0 Å². The van der Waals surface area contributed by atoms with E-state index in [0.29, 0.717) is 5.92 Å². The number of rotatable bonds is 7. The molecule has 0 heterocycles. The Morgan fingerprint density at radius 3 is 2.48 bits per heavy atom. The smallest absolute Gasteiger partial charge is 0.230 e. The second-order valence-electron chi connectivity index (χ2n) is 6.77. The fraction of sp³-hybridized carbons (Fsp3) is 0.632. The minimum atomic E-state index is -0.177. The van der Waals surface area contributed by atoms with Gasteiger partial charge in [0.2, 0.25) is 5.91 Å². The number of thiol groups is 1. The summed E-state index contributed by atoms with van der Waals surface area (Å²) >= 11 is 4.30. The van der Waals surface area contributed by atoms with E-state index in [1.807, 2.05) is 24.3 Å². The van der Waals surface area contributed by atoms with E-state index in [1.165, 1.54) is 30.1 Å². The van der Waals surface area contributed by atoms with E-state index < -0.39 is 0 Å². The first-order chi connectivity index (χ1) is 11.1. The van der Waals surface area contributed by atoms with Crippen LogP contribution in [0.5, 0.6) is 0 Å². The molecule has 1 saturated carbocycles. The van der Waals surface area contributed by atoms with Gasteiger partial charge < -0.3 is 5.32 Å². The van der Waals surface area contributed by atoms with Crippen molar-refractivity contribution >= 4 is 34.0 Å². The molecule has 0 unspecified atom stereocenters. The second kappa shape index (κ2) is 9.03. The first kappa shape index (κ1) is 18.7. The van der Waals surface area contributed by atoms with Gasteiger partial charge in [-0.25, -0.2) is 0 Å². The van der Waals surface area contributed by atoms with Crippen LogP contribution in [-0.4, -0.2) is 5.91 Å². The van der Waals surface area contributed by atoms with Gasteiger partial charge in [-0.1, -0.05) is 68.9 Å². The fourth-order valence-electron chi connectivity index (χ4n) is 3.79. The third-order valence-corrected chi connectivity index (χ3v) is 6.50. The molecule has 23 heavy (non-hydrogen) atoms. The highest BCUT2D eigenvalue weighted by Gasteiger charge is 2.40. The Bertz CT molecular complexity index is 508. The fourth-order valence-corrected chi connectivity index (χ4v) is 4.62. The van der Waals surface area contributed by atoms with Crippen molar-refractivity contribution in [1.82, 2.24) is 0 Å². The van der Waals surface area contributed by atoms with Gasteiger partial charge in [0, 0.05) is 10.3 Å². The normalized spacial score (nSPS) is 17.2. The van der Waals surface area contributed by atoms with Crippen LogP contribution in [0.2, 0.25) is 0 Å². The molecule has 0 aliphatic heterocycles. The van der Waals surface area contributed by atoms with Crippen molar-refractivity contribution in [2.45, 2.75) is 70.1 Å². The first-order valence-corrected chi connectivity index (χ1v) is 10.7. The summed E-state index contributed by atoms with van der Waals surface area (Å²) in [7, 11) is 1.39. The Morgan fingerprint density at radius 2 is 1.87 bits per heavy atom. The maximum absolute atomic E-state index is 13.2. The zero-order chi connectivity index (χ0) is 16.7. The van der Waals surface area contributed by atoms with E-state index in [1.54, 1.807) is 0 Å². The summed E-state index contributed by atoms with van der Waals surface area (Å²) in [6.07, 6.45) is 9.04. The number of hydrogen-bond donors (Lipinski definition) is 2. The van der Waals surface area contributed by atoms with Gasteiger partial charge in [-0.2, -0.15) is 0 Å². The van der Waals surface area contributed by atoms with E-state index in [4.69, 9.17) is 0 Å². The van der Waals surface area contributed by atoms with Crippen LogP contribution in [0, 0.1) is 11.3 Å². The number of nitrogens with one attached hydrogen (secondary N) is 1. The summed E-state index contributed by atoms with van der Waals surface area (Å²) in [6.45, 7) is 4.49. The number of amides is 1. The highest BCUT2D eigenvalue weighted by atomic mass is 33.1. The lowest BCUT2D eigenvalue weighted by molar-refractivity contribution is -0.128. The molecule has 0 bridgehead atoms. The molecule has 1 fully saturated rings. The van der Waals surface area contributed by atoms with Crippen LogP contribution in [0.25, 0.3) is 0 Å². The van der Waals surface area contributed by atoms with Crippen molar-refractivity contribution in [1.29, 1.82) is 0 Å². The van der Waals surface area contributed by atoms with Crippen LogP contribution < -0.4 is 5.32 Å². The molecule has 0 atom stereocenters. The molecule has 1 aromatic rings. The minimum Gasteiger partial charge on any atom is -0.325 e. The Morgan fingerprint density at radius 1 is 1.22 bits per heavy atom. The number of anilines is 1. The highest BCUT2D eigenvalue weighted by molar-refractivity contribution is 8.68. The third-order valence-electron chi connectivity index (χ3n) is 5.36. The van der Waals surface area contributed by atoms with Crippen molar-refractivity contribution in [3.8, 4) is 0 Å². The van der Waals surface area contributed by atoms with E-state index in [-0.39, 0.29) is 11.3 Å². The van der Waals surface area contributed by atoms with E-state index in [2.05, 4.69) is 30.8 Å². The van der Waals surface area contributed by atoms with Gasteiger partial charge in [0.25, 0.3) is 0 Å². The summed E-state index contributed by atoms with van der Waals surface area (Å²) in [4.78, 5) is 14.2. The quantitative estimate of drug-likeness (QED) is 0.443. The summed E-state index contributed by atoms with van der Waals surface area (Å²) in [5.41, 5.74) is 0.718. The number of hydrogen-bond acceptors (Lipinski definition) is 3. The zero-order valence-corrected chi connectivity index (χ0v) is 16.0. The minimum absolute atomic E-state index is 0.177. The average Bonchev–Trinajstić information content (AvgIpc) is 2.61. The zero-order valence-electron chi connectivity index (χ0n) is 14.3. The molecule has 2 nitrogen and oxygen atoms in total. The van der Waals surface area contributed by atoms with Gasteiger partial charge in [-0.05, 0) is 37.3 Å². The highest BCUT2D eigenvalue weighted by Crippen LogP contribution is 2.44. The van der Waals surface area contributed by atoms with Gasteiger partial charge in [-0.15, -0.1) is 11.7 Å². The van der Waals surface area contributed by atoms with E-state index >= 15 is 0 Å². The Labute approximate surface area is 150 Å². The molecule has 0 radical (unpaired) electrons. The molecule has 4 heteroatoms. The summed E-state index contributed by atoms with van der Waals surface area (Å²) in [5, 5.41) is 3.22. The molecule has 0 spiro atoms. The molecule has 0 saturated heterocycles. The molecule has 1 amide bonds. The summed E-state index contributed by atoms with van der Waals surface area (Å²) in [6, 6.07) is 7.93. The predicted octanol–water partition coefficient (Wildman–Crippen LogP) is 6.34. The first-order valence-electron chi connectivity index (χ1n) is 8.87. The molecule has 2 rings (SSSR count). The van der Waals surface area contributed by atoms with Crippen molar-refractivity contribution < 1.29 is 4.79 Å². The molecule has 0 aromatic heterocycles. The predicted molar refractivity (Wildman–Crippen MR) is 104 cm³/mol. The summed E-state index contributed by atoms with van der Waals surface area (Å²) < 4.78 is 0. The monoisotopic (exact) mass is 351 g/mol. The van der Waals surface area contributed by atoms with E-state index in [0.717, 1.165) is 42.7 Å². The van der Waals surface area contributed by atoms with Crippen molar-refractivity contribution in [2.24, 2.45) is 11.3 Å². The van der Waals surface area contributed by atoms with Crippen LogP contribution in [0.15, 0.2) is 29.2 Å². The van der Waals surface area contributed by atoms with Crippen LogP contribution in [0.4, 0.5) is 5.69 Å². The second-order valence-corrected chi connectivity index (χ2v) is 7.94. The topological polar surface area (TPSA) is 29.1 Å². The molecule has 1 aliphatic rings. The van der Waals surface area contributed by atoms with Gasteiger partial charge in [0.15, 0.2) is 0 Å². The van der Waals surface area contributed by atoms with E-state index in [9.17, 15) is 4.79 Å². The third kappa shape index (κ3) is 4.69. The Hall–Kier alpha value is -0.610. The average molecular weight is 352 g/mol. The lowest BCUT2D eigenvalue weighted by Crippen LogP contribution is -2.39. The SMILES string of the molecule is CCC(CC)CC1(C(=O)Nc2ccccc2SS)CCCCC1. The number of benzene rings is 1. The largest absolute Gasteiger partial charge is 0.325 e. The lowest BCUT2D eigenvalue weighted by Gasteiger charge is -2.38. The lowest BCUT2D eigenvalue weighted by atomic mass is 9.67. The molecule has 1 aliphatic carbocycles. The van der Waals surface area contributed by atoms with Crippen molar-refractivity contribution in [3.63, 3.8) is 0 Å². The van der Waals surface area contributed by atoms with Crippen LogP contribution in [-0.2, 0) is 4.79 Å². The molecular formula is C19H29NOS2. The van der Waals surface area contributed by atoms with Gasteiger partial charge in [-0.3, -0.25) is 4.79 Å². The summed E-state index contributed by atoms with van der Waals surface area (Å²) in [5.74, 6) is 0.868. The van der Waals surface area contributed by atoms with Gasteiger partial charge >= 0.3 is 0 Å². The van der Waals surface area contributed by atoms with Crippen LogP contribution in [0.1, 0.15) is 65.2 Å².